The summed E-state index contributed by atoms with van der Waals surface area (Å²) in [5.41, 5.74) is 0. The van der Waals surface area contributed by atoms with Crippen LogP contribution in [-0.4, -0.2) is 37.1 Å². The van der Waals surface area contributed by atoms with E-state index in [0.717, 1.165) is 11.8 Å². The molecule has 3 atom stereocenters. The quantitative estimate of drug-likeness (QED) is 0.767. The van der Waals surface area contributed by atoms with Gasteiger partial charge in [0.1, 0.15) is 0 Å². The maximum absolute atomic E-state index is 3.68. The summed E-state index contributed by atoms with van der Waals surface area (Å²) >= 11 is 0. The third-order valence-electron chi connectivity index (χ3n) is 4.25. The largest absolute Gasteiger partial charge is 0.313 e. The Balaban J connectivity index is 2.31. The van der Waals surface area contributed by atoms with E-state index in [4.69, 9.17) is 0 Å². The van der Waals surface area contributed by atoms with E-state index in [1.54, 1.807) is 0 Å². The van der Waals surface area contributed by atoms with Gasteiger partial charge in [0.25, 0.3) is 0 Å². The van der Waals surface area contributed by atoms with Crippen LogP contribution in [0.2, 0.25) is 0 Å². The lowest BCUT2D eigenvalue weighted by atomic mass is 9.90. The molecule has 17 heavy (non-hydrogen) atoms. The van der Waals surface area contributed by atoms with E-state index in [0.29, 0.717) is 12.1 Å². The number of rotatable bonds is 6. The minimum Gasteiger partial charge on any atom is -0.313 e. The lowest BCUT2D eigenvalue weighted by Gasteiger charge is -2.35. The fraction of sp³-hybridized carbons (Fsp3) is 1.00. The second-order valence-corrected chi connectivity index (χ2v) is 6.37. The first kappa shape index (κ1) is 15.0. The molecule has 1 aliphatic rings. The Morgan fingerprint density at radius 3 is 2.59 bits per heavy atom. The lowest BCUT2D eigenvalue weighted by Crippen LogP contribution is -2.47. The van der Waals surface area contributed by atoms with Crippen molar-refractivity contribution in [3.63, 3.8) is 0 Å². The highest BCUT2D eigenvalue weighted by Gasteiger charge is 2.22. The van der Waals surface area contributed by atoms with Gasteiger partial charge in [-0.3, -0.25) is 0 Å². The molecule has 1 rings (SSSR count). The molecule has 0 bridgehead atoms. The Hall–Kier alpha value is -0.0800. The summed E-state index contributed by atoms with van der Waals surface area (Å²) in [6, 6.07) is 1.42. The first-order valence-corrected chi connectivity index (χ1v) is 7.46. The molecule has 0 aliphatic carbocycles. The van der Waals surface area contributed by atoms with Gasteiger partial charge in [-0.2, -0.15) is 0 Å². The van der Waals surface area contributed by atoms with Gasteiger partial charge in [0.15, 0.2) is 0 Å². The van der Waals surface area contributed by atoms with Gasteiger partial charge in [-0.1, -0.05) is 27.2 Å². The molecule has 0 amide bonds. The third-order valence-corrected chi connectivity index (χ3v) is 4.25. The van der Waals surface area contributed by atoms with Gasteiger partial charge in [-0.05, 0) is 51.6 Å². The zero-order valence-electron chi connectivity index (χ0n) is 12.5. The fourth-order valence-electron chi connectivity index (χ4n) is 2.99. The molecule has 3 unspecified atom stereocenters. The summed E-state index contributed by atoms with van der Waals surface area (Å²) in [4.78, 5) is 2.54. The van der Waals surface area contributed by atoms with Crippen molar-refractivity contribution in [1.82, 2.24) is 10.2 Å². The minimum atomic E-state index is 0.707. The predicted molar refractivity (Wildman–Crippen MR) is 76.4 cm³/mol. The molecule has 1 fully saturated rings. The summed E-state index contributed by atoms with van der Waals surface area (Å²) in [5.74, 6) is 1.75. The van der Waals surface area contributed by atoms with Crippen LogP contribution in [0.3, 0.4) is 0 Å². The molecule has 0 spiro atoms. The number of nitrogens with zero attached hydrogens (tertiary/aromatic N) is 1. The van der Waals surface area contributed by atoms with Gasteiger partial charge >= 0.3 is 0 Å². The minimum absolute atomic E-state index is 0.707. The van der Waals surface area contributed by atoms with E-state index < -0.39 is 0 Å². The van der Waals surface area contributed by atoms with Gasteiger partial charge < -0.3 is 10.2 Å². The molecule has 1 N–H and O–H groups in total. The summed E-state index contributed by atoms with van der Waals surface area (Å²) in [5, 5.41) is 3.68. The Morgan fingerprint density at radius 2 is 2.00 bits per heavy atom. The molecule has 0 aromatic carbocycles. The Kier molecular flexibility index (Phi) is 6.50. The smallest absolute Gasteiger partial charge is 0.0197 e. The first-order valence-electron chi connectivity index (χ1n) is 7.46. The van der Waals surface area contributed by atoms with Crippen LogP contribution in [0.4, 0.5) is 0 Å². The molecule has 102 valence electrons. The number of piperidine rings is 1. The molecule has 1 aliphatic heterocycles. The lowest BCUT2D eigenvalue weighted by molar-refractivity contribution is 0.177. The Labute approximate surface area is 108 Å². The molecular weight excluding hydrogens is 208 g/mol. The number of nitrogens with one attached hydrogen (secondary N) is 1. The van der Waals surface area contributed by atoms with Crippen LogP contribution in [0.1, 0.15) is 53.4 Å². The molecule has 1 heterocycles. The highest BCUT2D eigenvalue weighted by molar-refractivity contribution is 4.81. The zero-order valence-corrected chi connectivity index (χ0v) is 12.5. The molecule has 2 heteroatoms. The topological polar surface area (TPSA) is 15.3 Å². The molecule has 0 radical (unpaired) electrons. The predicted octanol–water partition coefficient (Wildman–Crippen LogP) is 3.13. The number of hydrogen-bond acceptors (Lipinski definition) is 2. The normalized spacial score (nSPS) is 27.7. The van der Waals surface area contributed by atoms with Gasteiger partial charge in [0, 0.05) is 18.6 Å². The molecule has 1 saturated heterocycles. The van der Waals surface area contributed by atoms with E-state index in [-0.39, 0.29) is 0 Å². The Morgan fingerprint density at radius 1 is 1.29 bits per heavy atom. The zero-order chi connectivity index (χ0) is 12.8. The maximum Gasteiger partial charge on any atom is 0.0197 e. The van der Waals surface area contributed by atoms with Crippen molar-refractivity contribution in [3.8, 4) is 0 Å². The maximum atomic E-state index is 3.68. The third kappa shape index (κ3) is 5.39. The number of hydrogen-bond donors (Lipinski definition) is 1. The van der Waals surface area contributed by atoms with Crippen molar-refractivity contribution in [2.75, 3.05) is 20.1 Å². The average molecular weight is 240 g/mol. The van der Waals surface area contributed by atoms with Crippen molar-refractivity contribution in [3.05, 3.63) is 0 Å². The van der Waals surface area contributed by atoms with Crippen LogP contribution < -0.4 is 5.32 Å². The van der Waals surface area contributed by atoms with Crippen molar-refractivity contribution in [1.29, 1.82) is 0 Å². The van der Waals surface area contributed by atoms with Gasteiger partial charge in [-0.15, -0.1) is 0 Å². The highest BCUT2D eigenvalue weighted by atomic mass is 15.1. The molecule has 2 nitrogen and oxygen atoms in total. The van der Waals surface area contributed by atoms with Crippen LogP contribution in [0.25, 0.3) is 0 Å². The van der Waals surface area contributed by atoms with Crippen molar-refractivity contribution in [2.45, 2.75) is 65.5 Å². The van der Waals surface area contributed by atoms with E-state index in [2.05, 4.69) is 45.0 Å². The molecule has 0 aromatic heterocycles. The molecule has 0 saturated carbocycles. The van der Waals surface area contributed by atoms with E-state index in [1.807, 2.05) is 0 Å². The second kappa shape index (κ2) is 7.38. The summed E-state index contributed by atoms with van der Waals surface area (Å²) in [6.07, 6.45) is 5.40. The average Bonchev–Trinajstić information content (AvgIpc) is 2.28. The molecule has 0 aromatic rings. The van der Waals surface area contributed by atoms with Crippen LogP contribution in [0.15, 0.2) is 0 Å². The summed E-state index contributed by atoms with van der Waals surface area (Å²) in [6.45, 7) is 11.8. The first-order chi connectivity index (χ1) is 8.02. The summed E-state index contributed by atoms with van der Waals surface area (Å²) in [7, 11) is 2.28. The van der Waals surface area contributed by atoms with Crippen molar-refractivity contribution < 1.29 is 0 Å². The van der Waals surface area contributed by atoms with Crippen molar-refractivity contribution >= 4 is 0 Å². The fourth-order valence-corrected chi connectivity index (χ4v) is 2.99. The van der Waals surface area contributed by atoms with Crippen molar-refractivity contribution in [2.24, 2.45) is 11.8 Å². The van der Waals surface area contributed by atoms with Gasteiger partial charge in [-0.25, -0.2) is 0 Å². The van der Waals surface area contributed by atoms with E-state index in [1.165, 1.54) is 38.8 Å². The second-order valence-electron chi connectivity index (χ2n) is 6.37. The van der Waals surface area contributed by atoms with E-state index in [9.17, 15) is 0 Å². The highest BCUT2D eigenvalue weighted by Crippen LogP contribution is 2.20. The molecular formula is C15H32N2. The van der Waals surface area contributed by atoms with Crippen LogP contribution in [0.5, 0.6) is 0 Å². The van der Waals surface area contributed by atoms with E-state index >= 15 is 0 Å². The Bertz CT molecular complexity index is 203. The monoisotopic (exact) mass is 240 g/mol. The standard InChI is InChI=1S/C15H32N2/c1-6-14-7-8-16-15(10-14)11-17(5)13(4)9-12(2)3/h12-16H,6-11H2,1-5H3. The van der Waals surface area contributed by atoms with Gasteiger partial charge in [0.05, 0.1) is 0 Å². The van der Waals surface area contributed by atoms with Crippen LogP contribution in [0, 0.1) is 11.8 Å². The SMILES string of the molecule is CCC1CCNC(CN(C)C(C)CC(C)C)C1. The number of likely N-dealkylation sites (N-methyl/N-ethyl adjacent to an activating group) is 1. The van der Waals surface area contributed by atoms with Gasteiger partial charge in [0.2, 0.25) is 0 Å². The van der Waals surface area contributed by atoms with Crippen LogP contribution in [-0.2, 0) is 0 Å². The van der Waals surface area contributed by atoms with Crippen LogP contribution >= 0.6 is 0 Å². The summed E-state index contributed by atoms with van der Waals surface area (Å²) < 4.78 is 0.